The molecular weight excluding hydrogens is 294 g/mol. The number of carbonyl (C=O) groups excluding carboxylic acids is 2. The summed E-state index contributed by atoms with van der Waals surface area (Å²) >= 11 is 0. The smallest absolute Gasteiger partial charge is 0.328 e. The number of ether oxygens (including phenoxy) is 1. The summed E-state index contributed by atoms with van der Waals surface area (Å²) < 4.78 is 4.51. The van der Waals surface area contributed by atoms with Crippen molar-refractivity contribution >= 4 is 12.0 Å². The Kier molecular flexibility index (Phi) is 11.8. The normalized spacial score (nSPS) is 10.4. The summed E-state index contributed by atoms with van der Waals surface area (Å²) in [5, 5.41) is 5.83. The van der Waals surface area contributed by atoms with Crippen LogP contribution in [-0.4, -0.2) is 32.2 Å². The second-order valence-corrected chi connectivity index (χ2v) is 4.61. The third-order valence-electron chi connectivity index (χ3n) is 2.91. The van der Waals surface area contributed by atoms with E-state index in [0.29, 0.717) is 13.0 Å². The number of methoxy groups -OCH3 is 1. The van der Waals surface area contributed by atoms with E-state index >= 15 is 0 Å². The van der Waals surface area contributed by atoms with E-state index in [1.54, 1.807) is 0 Å². The third-order valence-corrected chi connectivity index (χ3v) is 2.91. The number of rotatable bonds is 8. The number of isocyanates is 1. The Morgan fingerprint density at radius 1 is 1.48 bits per heavy atom. The first-order valence-electron chi connectivity index (χ1n) is 7.33. The van der Waals surface area contributed by atoms with E-state index in [-0.39, 0.29) is 12.0 Å². The van der Waals surface area contributed by atoms with Crippen LogP contribution in [0.2, 0.25) is 0 Å². The van der Waals surface area contributed by atoms with Gasteiger partial charge < -0.3 is 15.4 Å². The van der Waals surface area contributed by atoms with Crippen LogP contribution in [0, 0.1) is 0 Å². The van der Waals surface area contributed by atoms with Crippen LogP contribution >= 0.6 is 0 Å². The molecule has 0 amide bonds. The highest BCUT2D eigenvalue weighted by atomic mass is 16.5. The minimum Gasteiger partial charge on any atom is -0.467 e. The molecule has 0 saturated carbocycles. The Hall–Kier alpha value is -2.43. The van der Waals surface area contributed by atoms with Gasteiger partial charge in [0.25, 0.3) is 0 Å². The largest absolute Gasteiger partial charge is 0.467 e. The van der Waals surface area contributed by atoms with E-state index in [1.807, 2.05) is 38.2 Å². The fourth-order valence-corrected chi connectivity index (χ4v) is 1.80. The highest BCUT2D eigenvalue weighted by Gasteiger charge is 2.13. The SMILES string of the molecule is C=CNC(CC)C(=O)OC.CNCc1cccc(CN=C=O)c1. The Morgan fingerprint density at radius 2 is 2.17 bits per heavy atom. The van der Waals surface area contributed by atoms with Crippen molar-refractivity contribution in [1.29, 1.82) is 0 Å². The summed E-state index contributed by atoms with van der Waals surface area (Å²) in [7, 11) is 3.27. The average molecular weight is 319 g/mol. The van der Waals surface area contributed by atoms with Gasteiger partial charge in [-0.05, 0) is 30.8 Å². The molecule has 0 aromatic heterocycles. The Labute approximate surface area is 137 Å². The van der Waals surface area contributed by atoms with E-state index in [2.05, 4.69) is 26.9 Å². The molecule has 1 rings (SSSR count). The minimum absolute atomic E-state index is 0.248. The van der Waals surface area contributed by atoms with Gasteiger partial charge in [0.1, 0.15) is 6.04 Å². The summed E-state index contributed by atoms with van der Waals surface area (Å²) in [5.41, 5.74) is 2.23. The van der Waals surface area contributed by atoms with Gasteiger partial charge in [0, 0.05) is 6.54 Å². The molecule has 0 aliphatic rings. The summed E-state index contributed by atoms with van der Waals surface area (Å²) in [6.07, 6.45) is 3.73. The molecule has 0 fully saturated rings. The van der Waals surface area contributed by atoms with Crippen LogP contribution in [0.1, 0.15) is 24.5 Å². The molecule has 0 bridgehead atoms. The van der Waals surface area contributed by atoms with E-state index in [0.717, 1.165) is 12.1 Å². The van der Waals surface area contributed by atoms with Crippen LogP contribution in [0.25, 0.3) is 0 Å². The van der Waals surface area contributed by atoms with Gasteiger partial charge in [0.2, 0.25) is 6.08 Å². The van der Waals surface area contributed by atoms with Crippen LogP contribution in [-0.2, 0) is 27.4 Å². The van der Waals surface area contributed by atoms with E-state index in [1.165, 1.54) is 25.0 Å². The van der Waals surface area contributed by atoms with Crippen LogP contribution in [0.4, 0.5) is 0 Å². The highest BCUT2D eigenvalue weighted by Crippen LogP contribution is 2.05. The van der Waals surface area contributed by atoms with E-state index < -0.39 is 0 Å². The predicted molar refractivity (Wildman–Crippen MR) is 90.5 cm³/mol. The van der Waals surface area contributed by atoms with Gasteiger partial charge in [-0.2, -0.15) is 0 Å². The van der Waals surface area contributed by atoms with Crippen molar-refractivity contribution in [2.24, 2.45) is 4.99 Å². The molecule has 0 aliphatic carbocycles. The summed E-state index contributed by atoms with van der Waals surface area (Å²) in [6.45, 7) is 6.60. The number of nitrogens with zero attached hydrogens (tertiary/aromatic N) is 1. The molecule has 1 aromatic carbocycles. The second-order valence-electron chi connectivity index (χ2n) is 4.61. The summed E-state index contributed by atoms with van der Waals surface area (Å²) in [4.78, 5) is 24.2. The first-order valence-corrected chi connectivity index (χ1v) is 7.33. The molecular formula is C17H25N3O3. The molecule has 2 N–H and O–H groups in total. The van der Waals surface area contributed by atoms with Crippen molar-refractivity contribution in [2.45, 2.75) is 32.5 Å². The molecule has 1 unspecified atom stereocenters. The van der Waals surface area contributed by atoms with E-state index in [4.69, 9.17) is 0 Å². The maximum atomic E-state index is 10.8. The number of hydrogen-bond acceptors (Lipinski definition) is 6. The molecule has 1 aromatic rings. The standard InChI is InChI=1S/C10H12N2O.C7H13NO2/c1-11-6-9-3-2-4-10(5-9)7-12-8-13;1-4-6(8-5-2)7(9)10-3/h2-5,11H,6-7H2,1H3;5-6,8H,2,4H2,1,3H3. The van der Waals surface area contributed by atoms with Crippen LogP contribution in [0.15, 0.2) is 42.0 Å². The second kappa shape index (κ2) is 13.2. The number of carbonyl (C=O) groups is 1. The average Bonchev–Trinajstić information content (AvgIpc) is 2.58. The number of hydrogen-bond donors (Lipinski definition) is 2. The molecule has 6 heteroatoms. The van der Waals surface area contributed by atoms with Crippen LogP contribution in [0.3, 0.4) is 0 Å². The quantitative estimate of drug-likeness (QED) is 0.435. The lowest BCUT2D eigenvalue weighted by Crippen LogP contribution is -2.33. The minimum atomic E-state index is -0.248. The van der Waals surface area contributed by atoms with Crippen molar-refractivity contribution in [3.63, 3.8) is 0 Å². The lowest BCUT2D eigenvalue weighted by Gasteiger charge is -2.10. The van der Waals surface area contributed by atoms with Crippen molar-refractivity contribution < 1.29 is 14.3 Å². The van der Waals surface area contributed by atoms with Gasteiger partial charge in [-0.25, -0.2) is 14.6 Å². The maximum absolute atomic E-state index is 10.8. The summed E-state index contributed by atoms with van der Waals surface area (Å²) in [6, 6.07) is 7.71. The molecule has 126 valence electrons. The summed E-state index contributed by atoms with van der Waals surface area (Å²) in [5.74, 6) is -0.248. The fraction of sp³-hybridized carbons (Fsp3) is 0.412. The van der Waals surface area contributed by atoms with Gasteiger partial charge in [-0.15, -0.1) is 0 Å². The van der Waals surface area contributed by atoms with Gasteiger partial charge in [-0.3, -0.25) is 0 Å². The maximum Gasteiger partial charge on any atom is 0.328 e. The van der Waals surface area contributed by atoms with Gasteiger partial charge in [0.05, 0.1) is 13.7 Å². The molecule has 0 saturated heterocycles. The zero-order valence-corrected chi connectivity index (χ0v) is 14.0. The number of esters is 1. The molecule has 1 atom stereocenters. The Balaban J connectivity index is 0.000000438. The molecule has 0 heterocycles. The third kappa shape index (κ3) is 9.24. The van der Waals surface area contributed by atoms with Crippen molar-refractivity contribution in [3.05, 3.63) is 48.2 Å². The first kappa shape index (κ1) is 20.6. The predicted octanol–water partition coefficient (Wildman–Crippen LogP) is 1.91. The number of nitrogens with one attached hydrogen (secondary N) is 2. The van der Waals surface area contributed by atoms with Crippen molar-refractivity contribution in [2.75, 3.05) is 14.2 Å². The molecule has 0 radical (unpaired) electrons. The van der Waals surface area contributed by atoms with Gasteiger partial charge in [-0.1, -0.05) is 37.8 Å². The Morgan fingerprint density at radius 3 is 2.70 bits per heavy atom. The molecule has 6 nitrogen and oxygen atoms in total. The Bertz CT molecular complexity index is 526. The van der Waals surface area contributed by atoms with Crippen molar-refractivity contribution in [1.82, 2.24) is 10.6 Å². The fourth-order valence-electron chi connectivity index (χ4n) is 1.80. The van der Waals surface area contributed by atoms with E-state index in [9.17, 15) is 9.59 Å². The van der Waals surface area contributed by atoms with Crippen LogP contribution in [0.5, 0.6) is 0 Å². The zero-order chi connectivity index (χ0) is 17.5. The topological polar surface area (TPSA) is 79.8 Å². The van der Waals surface area contributed by atoms with Crippen molar-refractivity contribution in [3.8, 4) is 0 Å². The van der Waals surface area contributed by atoms with Crippen LogP contribution < -0.4 is 10.6 Å². The molecule has 23 heavy (non-hydrogen) atoms. The molecule has 0 spiro atoms. The lowest BCUT2D eigenvalue weighted by molar-refractivity contribution is -0.142. The number of aliphatic imine (C=N–C) groups is 1. The zero-order valence-electron chi connectivity index (χ0n) is 14.0. The number of benzene rings is 1. The van der Waals surface area contributed by atoms with Gasteiger partial charge in [0.15, 0.2) is 0 Å². The molecule has 0 aliphatic heterocycles. The lowest BCUT2D eigenvalue weighted by atomic mass is 10.1. The highest BCUT2D eigenvalue weighted by molar-refractivity contribution is 5.75. The monoisotopic (exact) mass is 319 g/mol. The first-order chi connectivity index (χ1) is 11.1. The van der Waals surface area contributed by atoms with Gasteiger partial charge >= 0.3 is 5.97 Å².